The van der Waals surface area contributed by atoms with Crippen molar-refractivity contribution in [1.82, 2.24) is 10.4 Å². The van der Waals surface area contributed by atoms with E-state index in [2.05, 4.69) is 15.5 Å². The van der Waals surface area contributed by atoms with Crippen molar-refractivity contribution >= 4 is 11.6 Å². The highest BCUT2D eigenvalue weighted by Gasteiger charge is 2.40. The molecule has 4 heteroatoms. The number of rotatable bonds is 3. The normalized spacial score (nSPS) is 29.5. The molecule has 100 valence electrons. The van der Waals surface area contributed by atoms with Crippen LogP contribution in [0, 0.1) is 17.8 Å². The largest absolute Gasteiger partial charge is 0.272 e. The minimum atomic E-state index is -0.185. The van der Waals surface area contributed by atoms with Gasteiger partial charge in [0.2, 0.25) is 0 Å². The molecule has 0 saturated heterocycles. The molecule has 1 aromatic rings. The fourth-order valence-electron chi connectivity index (χ4n) is 3.54. The molecule has 3 rings (SSSR count). The lowest BCUT2D eigenvalue weighted by Crippen LogP contribution is -2.24. The lowest BCUT2D eigenvalue weighted by molar-refractivity contribution is 0.0954. The number of nitrogens with one attached hydrogen (secondary N) is 1. The summed E-state index contributed by atoms with van der Waals surface area (Å²) < 4.78 is 0. The summed E-state index contributed by atoms with van der Waals surface area (Å²) in [6.45, 7) is 2.04. The van der Waals surface area contributed by atoms with Crippen molar-refractivity contribution in [2.24, 2.45) is 22.9 Å². The van der Waals surface area contributed by atoms with E-state index in [4.69, 9.17) is 0 Å². The highest BCUT2D eigenvalue weighted by molar-refractivity contribution is 5.95. The Kier molecular flexibility index (Phi) is 3.32. The van der Waals surface area contributed by atoms with Gasteiger partial charge in [0.25, 0.3) is 5.91 Å². The highest BCUT2D eigenvalue weighted by Crippen LogP contribution is 2.48. The van der Waals surface area contributed by atoms with Gasteiger partial charge in [-0.15, -0.1) is 0 Å². The third-order valence-electron chi connectivity index (χ3n) is 4.53. The van der Waals surface area contributed by atoms with Crippen LogP contribution in [0.2, 0.25) is 0 Å². The standard InChI is InChI=1S/C15H19N3O/c1-10(14-8-11-4-5-12(14)7-11)17-18-15(19)13-3-2-6-16-9-13/h2-3,6,9,11-12,14H,4-5,7-8H2,1H3,(H,18,19)/b17-10+. The molecule has 19 heavy (non-hydrogen) atoms. The Hall–Kier alpha value is -1.71. The lowest BCUT2D eigenvalue weighted by Gasteiger charge is -2.21. The number of hydrazone groups is 1. The van der Waals surface area contributed by atoms with Crippen LogP contribution in [0.25, 0.3) is 0 Å². The molecule has 0 aromatic carbocycles. The summed E-state index contributed by atoms with van der Waals surface area (Å²) in [5, 5.41) is 4.29. The Morgan fingerprint density at radius 3 is 2.95 bits per heavy atom. The van der Waals surface area contributed by atoms with E-state index in [1.54, 1.807) is 24.5 Å². The maximum atomic E-state index is 11.9. The Bertz CT molecular complexity index is 497. The summed E-state index contributed by atoms with van der Waals surface area (Å²) >= 11 is 0. The quantitative estimate of drug-likeness (QED) is 0.668. The zero-order valence-electron chi connectivity index (χ0n) is 11.2. The lowest BCUT2D eigenvalue weighted by atomic mass is 9.86. The Morgan fingerprint density at radius 2 is 2.32 bits per heavy atom. The number of pyridine rings is 1. The molecule has 1 N–H and O–H groups in total. The predicted octanol–water partition coefficient (Wildman–Crippen LogP) is 2.62. The average Bonchev–Trinajstić information content (AvgIpc) is 3.08. The first-order valence-corrected chi connectivity index (χ1v) is 6.98. The first-order chi connectivity index (χ1) is 9.24. The van der Waals surface area contributed by atoms with E-state index in [9.17, 15) is 4.79 Å². The van der Waals surface area contributed by atoms with Crippen molar-refractivity contribution in [3.63, 3.8) is 0 Å². The van der Waals surface area contributed by atoms with Crippen molar-refractivity contribution < 1.29 is 4.79 Å². The van der Waals surface area contributed by atoms with Crippen LogP contribution in [0.3, 0.4) is 0 Å². The third-order valence-corrected chi connectivity index (χ3v) is 4.53. The van der Waals surface area contributed by atoms with Gasteiger partial charge in [-0.1, -0.05) is 6.42 Å². The molecule has 1 aromatic heterocycles. The molecule has 1 amide bonds. The van der Waals surface area contributed by atoms with Crippen LogP contribution >= 0.6 is 0 Å². The predicted molar refractivity (Wildman–Crippen MR) is 73.8 cm³/mol. The van der Waals surface area contributed by atoms with Crippen molar-refractivity contribution in [3.8, 4) is 0 Å². The van der Waals surface area contributed by atoms with Crippen molar-refractivity contribution in [2.75, 3.05) is 0 Å². The van der Waals surface area contributed by atoms with E-state index in [1.807, 2.05) is 6.92 Å². The molecule has 3 atom stereocenters. The minimum Gasteiger partial charge on any atom is -0.267 e. The fraction of sp³-hybridized carbons (Fsp3) is 0.533. The van der Waals surface area contributed by atoms with E-state index >= 15 is 0 Å². The van der Waals surface area contributed by atoms with E-state index in [0.29, 0.717) is 11.5 Å². The molecule has 2 aliphatic rings. The van der Waals surface area contributed by atoms with Gasteiger partial charge in [-0.25, -0.2) is 5.43 Å². The molecule has 2 fully saturated rings. The SMILES string of the molecule is C/C(=N\NC(=O)c1cccnc1)C1CC2CCC1C2. The van der Waals surface area contributed by atoms with E-state index in [0.717, 1.165) is 17.5 Å². The third kappa shape index (κ3) is 2.53. The van der Waals surface area contributed by atoms with Crippen molar-refractivity contribution in [2.45, 2.75) is 32.6 Å². The fourth-order valence-corrected chi connectivity index (χ4v) is 3.54. The summed E-state index contributed by atoms with van der Waals surface area (Å²) in [7, 11) is 0. The molecule has 1 heterocycles. The molecule has 4 nitrogen and oxygen atoms in total. The molecule has 2 bridgehead atoms. The maximum absolute atomic E-state index is 11.9. The summed E-state index contributed by atoms with van der Waals surface area (Å²) in [4.78, 5) is 15.8. The van der Waals surface area contributed by atoms with Crippen LogP contribution in [0.15, 0.2) is 29.6 Å². The number of hydrogen-bond acceptors (Lipinski definition) is 3. The van der Waals surface area contributed by atoms with Gasteiger partial charge in [-0.3, -0.25) is 9.78 Å². The van der Waals surface area contributed by atoms with Gasteiger partial charge in [0.15, 0.2) is 0 Å². The van der Waals surface area contributed by atoms with Crippen LogP contribution < -0.4 is 5.43 Å². The average molecular weight is 257 g/mol. The molecule has 0 spiro atoms. The second-order valence-corrected chi connectivity index (χ2v) is 5.72. The molecule has 2 aliphatic carbocycles. The second kappa shape index (κ2) is 5.11. The summed E-state index contributed by atoms with van der Waals surface area (Å²) in [6.07, 6.45) is 8.53. The van der Waals surface area contributed by atoms with Crippen molar-refractivity contribution in [1.29, 1.82) is 0 Å². The number of amides is 1. The number of aromatic nitrogens is 1. The molecule has 0 aliphatic heterocycles. The Morgan fingerprint density at radius 1 is 1.42 bits per heavy atom. The van der Waals surface area contributed by atoms with Crippen LogP contribution in [0.1, 0.15) is 43.0 Å². The van der Waals surface area contributed by atoms with Crippen LogP contribution in [0.4, 0.5) is 0 Å². The smallest absolute Gasteiger partial charge is 0.267 e. The first kappa shape index (κ1) is 12.3. The van der Waals surface area contributed by atoms with Gasteiger partial charge in [0, 0.05) is 24.0 Å². The van der Waals surface area contributed by atoms with E-state index < -0.39 is 0 Å². The zero-order valence-corrected chi connectivity index (χ0v) is 11.2. The molecular weight excluding hydrogens is 238 g/mol. The number of nitrogens with zero attached hydrogens (tertiary/aromatic N) is 2. The number of fused-ring (bicyclic) bond motifs is 2. The minimum absolute atomic E-state index is 0.185. The van der Waals surface area contributed by atoms with Gasteiger partial charge >= 0.3 is 0 Å². The van der Waals surface area contributed by atoms with E-state index in [1.165, 1.54) is 25.7 Å². The first-order valence-electron chi connectivity index (χ1n) is 6.98. The molecule has 2 saturated carbocycles. The van der Waals surface area contributed by atoms with Crippen LogP contribution in [0.5, 0.6) is 0 Å². The van der Waals surface area contributed by atoms with Gasteiger partial charge in [-0.05, 0) is 50.2 Å². The van der Waals surface area contributed by atoms with Crippen molar-refractivity contribution in [3.05, 3.63) is 30.1 Å². The number of hydrogen-bond donors (Lipinski definition) is 1. The van der Waals surface area contributed by atoms with Crippen LogP contribution in [-0.2, 0) is 0 Å². The Labute approximate surface area is 113 Å². The molecule has 3 unspecified atom stereocenters. The summed E-state index contributed by atoms with van der Waals surface area (Å²) in [5.74, 6) is 2.08. The van der Waals surface area contributed by atoms with Crippen LogP contribution in [-0.4, -0.2) is 16.6 Å². The molecular formula is C15H19N3O. The second-order valence-electron chi connectivity index (χ2n) is 5.72. The number of carbonyl (C=O) groups is 1. The Balaban J connectivity index is 1.62. The monoisotopic (exact) mass is 257 g/mol. The topological polar surface area (TPSA) is 54.4 Å². The van der Waals surface area contributed by atoms with E-state index in [-0.39, 0.29) is 5.91 Å². The highest BCUT2D eigenvalue weighted by atomic mass is 16.2. The molecule has 0 radical (unpaired) electrons. The van der Waals surface area contributed by atoms with Gasteiger partial charge in [0.1, 0.15) is 0 Å². The van der Waals surface area contributed by atoms with Gasteiger partial charge < -0.3 is 0 Å². The number of carbonyl (C=O) groups excluding carboxylic acids is 1. The zero-order chi connectivity index (χ0) is 13.2. The summed E-state index contributed by atoms with van der Waals surface area (Å²) in [5.41, 5.74) is 4.27. The van der Waals surface area contributed by atoms with Gasteiger partial charge in [-0.2, -0.15) is 5.10 Å². The van der Waals surface area contributed by atoms with Gasteiger partial charge in [0.05, 0.1) is 5.56 Å². The maximum Gasteiger partial charge on any atom is 0.272 e. The summed E-state index contributed by atoms with van der Waals surface area (Å²) in [6, 6.07) is 3.49.